The number of aromatic nitrogens is 2. The van der Waals surface area contributed by atoms with Crippen molar-refractivity contribution in [1.82, 2.24) is 15.0 Å². The molecule has 0 aliphatic rings. The van der Waals surface area contributed by atoms with Crippen LogP contribution in [-0.4, -0.2) is 34.5 Å². The molecule has 2 aromatic carbocycles. The maximum atomic E-state index is 12.2. The molecule has 0 bridgehead atoms. The number of aryl methyl sites for hydroxylation is 1. The Labute approximate surface area is 167 Å². The summed E-state index contributed by atoms with van der Waals surface area (Å²) in [5, 5.41) is 7.49. The van der Waals surface area contributed by atoms with Crippen molar-refractivity contribution in [2.45, 2.75) is 13.5 Å². The topological polar surface area (TPSA) is 71.3 Å². The van der Waals surface area contributed by atoms with Crippen molar-refractivity contribution >= 4 is 34.8 Å². The molecular formula is C19H18Cl2N4O2. The van der Waals surface area contributed by atoms with Crippen molar-refractivity contribution in [3.63, 3.8) is 0 Å². The number of amides is 1. The predicted octanol–water partition coefficient (Wildman–Crippen LogP) is 4.42. The summed E-state index contributed by atoms with van der Waals surface area (Å²) < 4.78 is 5.28. The summed E-state index contributed by atoms with van der Waals surface area (Å²) in [6, 6.07) is 12.9. The average molecular weight is 405 g/mol. The lowest BCUT2D eigenvalue weighted by Crippen LogP contribution is -2.30. The van der Waals surface area contributed by atoms with E-state index in [2.05, 4.69) is 15.5 Å². The van der Waals surface area contributed by atoms with Gasteiger partial charge in [0, 0.05) is 5.56 Å². The fourth-order valence-corrected chi connectivity index (χ4v) is 2.96. The van der Waals surface area contributed by atoms with Crippen molar-refractivity contribution in [1.29, 1.82) is 0 Å². The molecule has 3 aromatic rings. The first-order valence-electron chi connectivity index (χ1n) is 8.24. The molecule has 27 heavy (non-hydrogen) atoms. The number of anilines is 1. The van der Waals surface area contributed by atoms with Gasteiger partial charge >= 0.3 is 0 Å². The van der Waals surface area contributed by atoms with Gasteiger partial charge in [-0.15, -0.1) is 0 Å². The predicted molar refractivity (Wildman–Crippen MR) is 106 cm³/mol. The molecule has 3 rings (SSSR count). The van der Waals surface area contributed by atoms with E-state index in [4.69, 9.17) is 27.7 Å². The van der Waals surface area contributed by atoms with E-state index in [1.54, 1.807) is 30.1 Å². The number of benzene rings is 2. The lowest BCUT2D eigenvalue weighted by atomic mass is 10.1. The van der Waals surface area contributed by atoms with Gasteiger partial charge in [0.1, 0.15) is 0 Å². The van der Waals surface area contributed by atoms with E-state index in [1.807, 2.05) is 31.2 Å². The molecule has 1 aromatic heterocycles. The van der Waals surface area contributed by atoms with E-state index in [-0.39, 0.29) is 12.5 Å². The van der Waals surface area contributed by atoms with Crippen LogP contribution < -0.4 is 5.32 Å². The Balaban J connectivity index is 1.58. The van der Waals surface area contributed by atoms with Gasteiger partial charge in [0.25, 0.3) is 0 Å². The minimum atomic E-state index is -0.245. The Morgan fingerprint density at radius 2 is 1.81 bits per heavy atom. The standard InChI is InChI=1S/C19H18Cl2N4O2/c1-12-6-8-13(9-7-12)19-23-17(27-24-19)11-25(2)10-16(26)22-18-14(20)4-3-5-15(18)21/h3-9H,10-11H2,1-2H3,(H,22,26). The first kappa shape index (κ1) is 19.4. The first-order chi connectivity index (χ1) is 12.9. The maximum Gasteiger partial charge on any atom is 0.241 e. The second-order valence-electron chi connectivity index (χ2n) is 6.19. The van der Waals surface area contributed by atoms with Gasteiger partial charge in [-0.25, -0.2) is 0 Å². The third-order valence-corrected chi connectivity index (χ3v) is 4.45. The number of rotatable bonds is 6. The summed E-state index contributed by atoms with van der Waals surface area (Å²) in [5.41, 5.74) is 2.44. The Morgan fingerprint density at radius 3 is 2.48 bits per heavy atom. The molecule has 1 N–H and O–H groups in total. The third-order valence-electron chi connectivity index (χ3n) is 3.82. The van der Waals surface area contributed by atoms with E-state index >= 15 is 0 Å². The van der Waals surface area contributed by atoms with Gasteiger partial charge in [0.2, 0.25) is 17.6 Å². The van der Waals surface area contributed by atoms with Crippen molar-refractivity contribution in [2.24, 2.45) is 0 Å². The van der Waals surface area contributed by atoms with Crippen LogP contribution in [0.3, 0.4) is 0 Å². The number of nitrogens with zero attached hydrogens (tertiary/aromatic N) is 3. The number of para-hydroxylation sites is 1. The quantitative estimate of drug-likeness (QED) is 0.657. The van der Waals surface area contributed by atoms with Crippen molar-refractivity contribution in [3.05, 3.63) is 64.0 Å². The van der Waals surface area contributed by atoms with Crippen LogP contribution in [0.2, 0.25) is 10.0 Å². The molecule has 8 heteroatoms. The zero-order valence-electron chi connectivity index (χ0n) is 14.9. The van der Waals surface area contributed by atoms with Gasteiger partial charge in [-0.2, -0.15) is 4.98 Å². The zero-order chi connectivity index (χ0) is 19.4. The molecule has 0 radical (unpaired) electrons. The summed E-state index contributed by atoms with van der Waals surface area (Å²) in [5.74, 6) is 0.702. The zero-order valence-corrected chi connectivity index (χ0v) is 16.4. The van der Waals surface area contributed by atoms with Crippen LogP contribution in [0.25, 0.3) is 11.4 Å². The molecule has 0 aliphatic carbocycles. The summed E-state index contributed by atoms with van der Waals surface area (Å²) in [7, 11) is 1.78. The maximum absolute atomic E-state index is 12.2. The molecule has 0 aliphatic heterocycles. The summed E-state index contributed by atoms with van der Waals surface area (Å²) >= 11 is 12.1. The van der Waals surface area contributed by atoms with Crippen LogP contribution in [0.5, 0.6) is 0 Å². The molecule has 1 amide bonds. The van der Waals surface area contributed by atoms with Crippen molar-refractivity contribution in [2.75, 3.05) is 18.9 Å². The Morgan fingerprint density at radius 1 is 1.15 bits per heavy atom. The number of likely N-dealkylation sites (N-methyl/N-ethyl adjacent to an activating group) is 1. The van der Waals surface area contributed by atoms with Gasteiger partial charge in [0.15, 0.2) is 0 Å². The number of hydrogen-bond acceptors (Lipinski definition) is 5. The van der Waals surface area contributed by atoms with Crippen molar-refractivity contribution < 1.29 is 9.32 Å². The second kappa shape index (κ2) is 8.52. The normalized spacial score (nSPS) is 11.0. The van der Waals surface area contributed by atoms with Gasteiger partial charge in [-0.1, -0.05) is 64.3 Å². The summed E-state index contributed by atoms with van der Waals surface area (Å²) in [4.78, 5) is 18.4. The fourth-order valence-electron chi connectivity index (χ4n) is 2.47. The van der Waals surface area contributed by atoms with E-state index in [1.165, 1.54) is 0 Å². The molecule has 0 fully saturated rings. The second-order valence-corrected chi connectivity index (χ2v) is 7.01. The number of nitrogens with one attached hydrogen (secondary N) is 1. The highest BCUT2D eigenvalue weighted by Crippen LogP contribution is 2.29. The number of carbonyl (C=O) groups is 1. The summed E-state index contributed by atoms with van der Waals surface area (Å²) in [6.45, 7) is 2.47. The minimum absolute atomic E-state index is 0.115. The highest BCUT2D eigenvalue weighted by molar-refractivity contribution is 6.39. The molecule has 0 atom stereocenters. The third kappa shape index (κ3) is 5.07. The number of hydrogen-bond donors (Lipinski definition) is 1. The number of carbonyl (C=O) groups excluding carboxylic acids is 1. The van der Waals surface area contributed by atoms with E-state index in [0.717, 1.165) is 11.1 Å². The minimum Gasteiger partial charge on any atom is -0.338 e. The molecule has 140 valence electrons. The van der Waals surface area contributed by atoms with Crippen LogP contribution >= 0.6 is 23.2 Å². The molecular weight excluding hydrogens is 387 g/mol. The SMILES string of the molecule is Cc1ccc(-c2noc(CN(C)CC(=O)Nc3c(Cl)cccc3Cl)n2)cc1. The van der Waals surface area contributed by atoms with Gasteiger partial charge < -0.3 is 9.84 Å². The van der Waals surface area contributed by atoms with E-state index in [9.17, 15) is 4.79 Å². The molecule has 1 heterocycles. The van der Waals surface area contributed by atoms with Gasteiger partial charge in [-0.05, 0) is 26.1 Å². The Bertz CT molecular complexity index is 921. The Hall–Kier alpha value is -2.41. The van der Waals surface area contributed by atoms with Crippen LogP contribution in [-0.2, 0) is 11.3 Å². The van der Waals surface area contributed by atoms with Crippen LogP contribution in [0.4, 0.5) is 5.69 Å². The van der Waals surface area contributed by atoms with E-state index in [0.29, 0.717) is 34.0 Å². The van der Waals surface area contributed by atoms with Crippen LogP contribution in [0, 0.1) is 6.92 Å². The fraction of sp³-hybridized carbons (Fsp3) is 0.211. The highest BCUT2D eigenvalue weighted by Gasteiger charge is 2.15. The van der Waals surface area contributed by atoms with E-state index < -0.39 is 0 Å². The number of halogens is 2. The lowest BCUT2D eigenvalue weighted by molar-refractivity contribution is -0.117. The van der Waals surface area contributed by atoms with Crippen molar-refractivity contribution in [3.8, 4) is 11.4 Å². The van der Waals surface area contributed by atoms with Gasteiger partial charge in [0.05, 0.1) is 28.8 Å². The first-order valence-corrected chi connectivity index (χ1v) is 9.00. The average Bonchev–Trinajstić information content (AvgIpc) is 3.07. The summed E-state index contributed by atoms with van der Waals surface area (Å²) in [6.07, 6.45) is 0. The highest BCUT2D eigenvalue weighted by atomic mass is 35.5. The molecule has 0 unspecified atom stereocenters. The molecule has 0 saturated heterocycles. The Kier molecular flexibility index (Phi) is 6.11. The van der Waals surface area contributed by atoms with Crippen LogP contribution in [0.15, 0.2) is 47.0 Å². The largest absolute Gasteiger partial charge is 0.338 e. The van der Waals surface area contributed by atoms with Crippen LogP contribution in [0.1, 0.15) is 11.5 Å². The molecule has 6 nitrogen and oxygen atoms in total. The lowest BCUT2D eigenvalue weighted by Gasteiger charge is -2.15. The monoisotopic (exact) mass is 404 g/mol. The molecule has 0 saturated carbocycles. The molecule has 0 spiro atoms. The smallest absolute Gasteiger partial charge is 0.241 e. The van der Waals surface area contributed by atoms with Gasteiger partial charge in [-0.3, -0.25) is 9.69 Å².